The van der Waals surface area contributed by atoms with Gasteiger partial charge in [0.15, 0.2) is 0 Å². The van der Waals surface area contributed by atoms with Gasteiger partial charge in [-0.1, -0.05) is 17.7 Å². The van der Waals surface area contributed by atoms with Gasteiger partial charge in [0.25, 0.3) is 0 Å². The maximum Gasteiger partial charge on any atom is 0.239 e. The highest BCUT2D eigenvalue weighted by atomic mass is 16.2. The summed E-state index contributed by atoms with van der Waals surface area (Å²) < 4.78 is 0. The molecule has 5 heteroatoms. The number of likely N-dealkylation sites (tertiary alicyclic amines) is 1. The summed E-state index contributed by atoms with van der Waals surface area (Å²) in [7, 11) is 0. The van der Waals surface area contributed by atoms with Gasteiger partial charge in [-0.25, -0.2) is 0 Å². The molecule has 2 N–H and O–H groups in total. The van der Waals surface area contributed by atoms with Crippen molar-refractivity contribution in [3.8, 4) is 0 Å². The van der Waals surface area contributed by atoms with E-state index < -0.39 is 5.92 Å². The van der Waals surface area contributed by atoms with Crippen molar-refractivity contribution in [1.82, 2.24) is 4.90 Å². The molecular formula is C16H21N3O2. The van der Waals surface area contributed by atoms with Crippen molar-refractivity contribution < 1.29 is 9.59 Å². The fourth-order valence-corrected chi connectivity index (χ4v) is 3.10. The van der Waals surface area contributed by atoms with Crippen LogP contribution in [-0.4, -0.2) is 42.4 Å². The van der Waals surface area contributed by atoms with Crippen LogP contribution in [0.3, 0.4) is 0 Å². The van der Waals surface area contributed by atoms with E-state index in [0.29, 0.717) is 26.1 Å². The Labute approximate surface area is 124 Å². The van der Waals surface area contributed by atoms with E-state index in [-0.39, 0.29) is 17.9 Å². The molecular weight excluding hydrogens is 266 g/mol. The Morgan fingerprint density at radius 3 is 2.52 bits per heavy atom. The first kappa shape index (κ1) is 14.1. The van der Waals surface area contributed by atoms with Crippen LogP contribution in [0, 0.1) is 12.8 Å². The summed E-state index contributed by atoms with van der Waals surface area (Å²) in [5.41, 5.74) is 7.87. The monoisotopic (exact) mass is 287 g/mol. The summed E-state index contributed by atoms with van der Waals surface area (Å²) in [6.45, 7) is 3.87. The van der Waals surface area contributed by atoms with Crippen LogP contribution in [0.2, 0.25) is 0 Å². The van der Waals surface area contributed by atoms with Crippen LogP contribution in [0.4, 0.5) is 5.69 Å². The van der Waals surface area contributed by atoms with E-state index in [4.69, 9.17) is 5.73 Å². The third-order valence-corrected chi connectivity index (χ3v) is 4.39. The molecule has 2 aliphatic heterocycles. The van der Waals surface area contributed by atoms with E-state index in [1.54, 1.807) is 9.80 Å². The fraction of sp³-hybridized carbons (Fsp3) is 0.500. The predicted molar refractivity (Wildman–Crippen MR) is 80.8 cm³/mol. The molecule has 0 spiro atoms. The SMILES string of the molecule is Cc1ccc(N2CC[C@H](C(=O)N3CC[C@@H](N)C3)C2=O)cc1. The number of aryl methyl sites for hydroxylation is 1. The van der Waals surface area contributed by atoms with Crippen LogP contribution in [0.1, 0.15) is 18.4 Å². The van der Waals surface area contributed by atoms with Crippen LogP contribution < -0.4 is 10.6 Å². The van der Waals surface area contributed by atoms with Gasteiger partial charge < -0.3 is 15.5 Å². The molecule has 2 amide bonds. The Hall–Kier alpha value is -1.88. The minimum absolute atomic E-state index is 0.0532. The van der Waals surface area contributed by atoms with Crippen molar-refractivity contribution in [3.63, 3.8) is 0 Å². The molecule has 0 bridgehead atoms. The van der Waals surface area contributed by atoms with Gasteiger partial charge in [-0.15, -0.1) is 0 Å². The van der Waals surface area contributed by atoms with Crippen LogP contribution in [0.5, 0.6) is 0 Å². The van der Waals surface area contributed by atoms with Gasteiger partial charge in [-0.2, -0.15) is 0 Å². The maximum atomic E-state index is 12.5. The zero-order chi connectivity index (χ0) is 15.0. The van der Waals surface area contributed by atoms with Crippen molar-refractivity contribution in [2.45, 2.75) is 25.8 Å². The number of anilines is 1. The van der Waals surface area contributed by atoms with E-state index in [1.807, 2.05) is 31.2 Å². The Kier molecular flexibility index (Phi) is 3.68. The van der Waals surface area contributed by atoms with Gasteiger partial charge in [0.05, 0.1) is 0 Å². The first-order valence-corrected chi connectivity index (χ1v) is 7.48. The number of hydrogen-bond acceptors (Lipinski definition) is 3. The molecule has 0 radical (unpaired) electrons. The maximum absolute atomic E-state index is 12.5. The second-order valence-electron chi connectivity index (χ2n) is 6.00. The molecule has 2 heterocycles. The third-order valence-electron chi connectivity index (χ3n) is 4.39. The van der Waals surface area contributed by atoms with E-state index in [1.165, 1.54) is 0 Å². The molecule has 5 nitrogen and oxygen atoms in total. The number of nitrogens with zero attached hydrogens (tertiary/aromatic N) is 2. The van der Waals surface area contributed by atoms with Gasteiger partial charge in [-0.3, -0.25) is 9.59 Å². The van der Waals surface area contributed by atoms with Crippen molar-refractivity contribution in [3.05, 3.63) is 29.8 Å². The second-order valence-corrected chi connectivity index (χ2v) is 6.00. The largest absolute Gasteiger partial charge is 0.340 e. The lowest BCUT2D eigenvalue weighted by molar-refractivity contribution is -0.139. The highest BCUT2D eigenvalue weighted by Gasteiger charge is 2.40. The van der Waals surface area contributed by atoms with Crippen molar-refractivity contribution >= 4 is 17.5 Å². The molecule has 2 saturated heterocycles. The molecule has 3 rings (SSSR count). The summed E-state index contributed by atoms with van der Waals surface area (Å²) in [4.78, 5) is 28.4. The van der Waals surface area contributed by atoms with E-state index >= 15 is 0 Å². The minimum atomic E-state index is -0.531. The van der Waals surface area contributed by atoms with Crippen LogP contribution in [0.15, 0.2) is 24.3 Å². The number of hydrogen-bond donors (Lipinski definition) is 1. The standard InChI is InChI=1S/C16H21N3O2/c1-11-2-4-13(5-3-11)19-9-7-14(16(19)21)15(20)18-8-6-12(17)10-18/h2-5,12,14H,6-10,17H2,1H3/t12-,14-/m1/s1. The van der Waals surface area contributed by atoms with Crippen LogP contribution >= 0.6 is 0 Å². The molecule has 0 aromatic heterocycles. The van der Waals surface area contributed by atoms with Gasteiger partial charge in [0.2, 0.25) is 11.8 Å². The number of carbonyl (C=O) groups excluding carboxylic acids is 2. The lowest BCUT2D eigenvalue weighted by atomic mass is 10.1. The Balaban J connectivity index is 1.71. The molecule has 0 aliphatic carbocycles. The lowest BCUT2D eigenvalue weighted by Gasteiger charge is -2.20. The number of benzene rings is 1. The lowest BCUT2D eigenvalue weighted by Crippen LogP contribution is -2.40. The Morgan fingerprint density at radius 2 is 1.90 bits per heavy atom. The van der Waals surface area contributed by atoms with Crippen LogP contribution in [-0.2, 0) is 9.59 Å². The van der Waals surface area contributed by atoms with Crippen LogP contribution in [0.25, 0.3) is 0 Å². The van der Waals surface area contributed by atoms with Crippen molar-refractivity contribution in [2.75, 3.05) is 24.5 Å². The van der Waals surface area contributed by atoms with Gasteiger partial charge >= 0.3 is 0 Å². The molecule has 21 heavy (non-hydrogen) atoms. The smallest absolute Gasteiger partial charge is 0.239 e. The van der Waals surface area contributed by atoms with E-state index in [9.17, 15) is 9.59 Å². The summed E-state index contributed by atoms with van der Waals surface area (Å²) in [6, 6.07) is 7.89. The quantitative estimate of drug-likeness (QED) is 0.822. The van der Waals surface area contributed by atoms with E-state index in [0.717, 1.165) is 17.7 Å². The number of carbonyl (C=O) groups is 2. The van der Waals surface area contributed by atoms with Crippen molar-refractivity contribution in [1.29, 1.82) is 0 Å². The third kappa shape index (κ3) is 2.65. The fourth-order valence-electron chi connectivity index (χ4n) is 3.10. The summed E-state index contributed by atoms with van der Waals surface area (Å²) in [5, 5.41) is 0. The van der Waals surface area contributed by atoms with Crippen molar-refractivity contribution in [2.24, 2.45) is 11.7 Å². The first-order chi connectivity index (χ1) is 10.1. The number of amides is 2. The highest BCUT2D eigenvalue weighted by molar-refractivity contribution is 6.09. The number of nitrogens with two attached hydrogens (primary N) is 1. The zero-order valence-electron chi connectivity index (χ0n) is 12.3. The topological polar surface area (TPSA) is 66.6 Å². The average Bonchev–Trinajstić information content (AvgIpc) is 3.06. The van der Waals surface area contributed by atoms with E-state index in [2.05, 4.69) is 0 Å². The van der Waals surface area contributed by atoms with Gasteiger partial charge in [0, 0.05) is 31.4 Å². The molecule has 1 aromatic rings. The summed E-state index contributed by atoms with van der Waals surface area (Å²) in [5.74, 6) is -0.663. The Morgan fingerprint density at radius 1 is 1.19 bits per heavy atom. The number of rotatable bonds is 2. The summed E-state index contributed by atoms with van der Waals surface area (Å²) in [6.07, 6.45) is 1.42. The normalized spacial score (nSPS) is 25.7. The molecule has 0 saturated carbocycles. The molecule has 2 fully saturated rings. The average molecular weight is 287 g/mol. The molecule has 1 aromatic carbocycles. The molecule has 112 valence electrons. The van der Waals surface area contributed by atoms with Gasteiger partial charge in [-0.05, 0) is 31.9 Å². The Bertz CT molecular complexity index is 555. The minimum Gasteiger partial charge on any atom is -0.340 e. The highest BCUT2D eigenvalue weighted by Crippen LogP contribution is 2.27. The molecule has 2 atom stereocenters. The zero-order valence-corrected chi connectivity index (χ0v) is 12.3. The predicted octanol–water partition coefficient (Wildman–Crippen LogP) is 0.908. The molecule has 2 aliphatic rings. The first-order valence-electron chi connectivity index (χ1n) is 7.48. The second kappa shape index (κ2) is 5.48. The van der Waals surface area contributed by atoms with Gasteiger partial charge in [0.1, 0.15) is 5.92 Å². The summed E-state index contributed by atoms with van der Waals surface area (Å²) >= 11 is 0. The molecule has 0 unspecified atom stereocenters.